The van der Waals surface area contributed by atoms with E-state index in [-0.39, 0.29) is 18.4 Å². The Morgan fingerprint density at radius 3 is 2.44 bits per heavy atom. The Hall–Kier alpha value is -1.10. The molecule has 1 unspecified atom stereocenters. The van der Waals surface area contributed by atoms with Crippen LogP contribution in [0.4, 0.5) is 0 Å². The lowest BCUT2D eigenvalue weighted by atomic mass is 9.95. The zero-order chi connectivity index (χ0) is 13.5. The fourth-order valence-corrected chi connectivity index (χ4v) is 2.29. The van der Waals surface area contributed by atoms with Gasteiger partial charge < -0.3 is 15.7 Å². The molecule has 1 amide bonds. The van der Waals surface area contributed by atoms with Crippen molar-refractivity contribution < 1.29 is 14.7 Å². The highest BCUT2D eigenvalue weighted by molar-refractivity contribution is 5.79. The molecule has 1 fully saturated rings. The molecule has 0 aromatic heterocycles. The van der Waals surface area contributed by atoms with E-state index in [9.17, 15) is 9.59 Å². The van der Waals surface area contributed by atoms with Crippen LogP contribution in [-0.4, -0.2) is 36.6 Å². The van der Waals surface area contributed by atoms with Crippen molar-refractivity contribution in [2.75, 3.05) is 19.6 Å². The van der Waals surface area contributed by atoms with Gasteiger partial charge in [0, 0.05) is 12.5 Å². The molecule has 1 rings (SSSR count). The van der Waals surface area contributed by atoms with Gasteiger partial charge in [-0.2, -0.15) is 0 Å². The normalized spacial score (nSPS) is 18.6. The van der Waals surface area contributed by atoms with Crippen molar-refractivity contribution in [2.45, 2.75) is 33.1 Å². The largest absolute Gasteiger partial charge is 0.481 e. The quantitative estimate of drug-likeness (QED) is 0.658. The molecule has 1 atom stereocenters. The average Bonchev–Trinajstić information content (AvgIpc) is 2.34. The SMILES string of the molecule is CC(C)CC(CNC(=O)C1CCNCC1)C(=O)O. The predicted molar refractivity (Wildman–Crippen MR) is 69.2 cm³/mol. The van der Waals surface area contributed by atoms with Crippen molar-refractivity contribution >= 4 is 11.9 Å². The van der Waals surface area contributed by atoms with E-state index in [1.807, 2.05) is 13.8 Å². The average molecular weight is 256 g/mol. The van der Waals surface area contributed by atoms with Gasteiger partial charge in [-0.15, -0.1) is 0 Å². The number of carboxylic acids is 1. The number of hydrogen-bond acceptors (Lipinski definition) is 3. The highest BCUT2D eigenvalue weighted by Gasteiger charge is 2.24. The van der Waals surface area contributed by atoms with E-state index in [0.29, 0.717) is 12.3 Å². The minimum atomic E-state index is -0.825. The molecule has 5 heteroatoms. The number of hydrogen-bond donors (Lipinski definition) is 3. The summed E-state index contributed by atoms with van der Waals surface area (Å²) in [6, 6.07) is 0. The van der Waals surface area contributed by atoms with Gasteiger partial charge in [0.1, 0.15) is 0 Å². The van der Waals surface area contributed by atoms with Crippen LogP contribution in [0.1, 0.15) is 33.1 Å². The Labute approximate surface area is 108 Å². The molecular weight excluding hydrogens is 232 g/mol. The number of carbonyl (C=O) groups is 2. The Balaban J connectivity index is 2.36. The van der Waals surface area contributed by atoms with E-state index >= 15 is 0 Å². The first-order chi connectivity index (χ1) is 8.50. The van der Waals surface area contributed by atoms with Crippen molar-refractivity contribution in [3.8, 4) is 0 Å². The Morgan fingerprint density at radius 2 is 1.94 bits per heavy atom. The number of carboxylic acid groups (broad SMARTS) is 1. The fourth-order valence-electron chi connectivity index (χ4n) is 2.29. The molecule has 1 aliphatic rings. The van der Waals surface area contributed by atoms with Crippen molar-refractivity contribution in [2.24, 2.45) is 17.8 Å². The third kappa shape index (κ3) is 5.04. The molecule has 0 aromatic carbocycles. The van der Waals surface area contributed by atoms with Crippen LogP contribution in [0.2, 0.25) is 0 Å². The molecule has 0 saturated carbocycles. The van der Waals surface area contributed by atoms with E-state index in [2.05, 4.69) is 10.6 Å². The number of rotatable bonds is 6. The monoisotopic (exact) mass is 256 g/mol. The molecule has 1 heterocycles. The standard InChI is InChI=1S/C13H24N2O3/c1-9(2)7-11(13(17)18)8-15-12(16)10-3-5-14-6-4-10/h9-11,14H,3-8H2,1-2H3,(H,15,16)(H,17,18). The molecule has 18 heavy (non-hydrogen) atoms. The first kappa shape index (κ1) is 15.0. The summed E-state index contributed by atoms with van der Waals surface area (Å²) in [5.41, 5.74) is 0. The lowest BCUT2D eigenvalue weighted by molar-refractivity contribution is -0.142. The molecule has 1 saturated heterocycles. The summed E-state index contributed by atoms with van der Waals surface area (Å²) in [7, 11) is 0. The summed E-state index contributed by atoms with van der Waals surface area (Å²) in [6.45, 7) is 5.96. The molecule has 0 aliphatic carbocycles. The maximum absolute atomic E-state index is 11.9. The maximum atomic E-state index is 11.9. The van der Waals surface area contributed by atoms with Gasteiger partial charge >= 0.3 is 5.97 Å². The maximum Gasteiger partial charge on any atom is 0.308 e. The van der Waals surface area contributed by atoms with E-state index < -0.39 is 11.9 Å². The van der Waals surface area contributed by atoms with Crippen LogP contribution >= 0.6 is 0 Å². The third-order valence-corrected chi connectivity index (χ3v) is 3.34. The lowest BCUT2D eigenvalue weighted by Gasteiger charge is -2.23. The summed E-state index contributed by atoms with van der Waals surface area (Å²) in [5.74, 6) is -0.932. The molecule has 104 valence electrons. The third-order valence-electron chi connectivity index (χ3n) is 3.34. The van der Waals surface area contributed by atoms with Crippen molar-refractivity contribution in [3.05, 3.63) is 0 Å². The zero-order valence-corrected chi connectivity index (χ0v) is 11.2. The molecule has 0 aromatic rings. The Morgan fingerprint density at radius 1 is 1.33 bits per heavy atom. The fraction of sp³-hybridized carbons (Fsp3) is 0.846. The second kappa shape index (κ2) is 7.36. The topological polar surface area (TPSA) is 78.4 Å². The van der Waals surface area contributed by atoms with Gasteiger partial charge in [-0.3, -0.25) is 9.59 Å². The molecule has 1 aliphatic heterocycles. The van der Waals surface area contributed by atoms with E-state index in [0.717, 1.165) is 25.9 Å². The summed E-state index contributed by atoms with van der Waals surface area (Å²) in [4.78, 5) is 22.9. The van der Waals surface area contributed by atoms with Crippen LogP contribution in [0.15, 0.2) is 0 Å². The second-order valence-corrected chi connectivity index (χ2v) is 5.43. The van der Waals surface area contributed by atoms with E-state index in [1.54, 1.807) is 0 Å². The van der Waals surface area contributed by atoms with Crippen LogP contribution < -0.4 is 10.6 Å². The summed E-state index contributed by atoms with van der Waals surface area (Å²) >= 11 is 0. The zero-order valence-electron chi connectivity index (χ0n) is 11.2. The van der Waals surface area contributed by atoms with Crippen LogP contribution in [0.3, 0.4) is 0 Å². The van der Waals surface area contributed by atoms with Crippen LogP contribution in [0.25, 0.3) is 0 Å². The summed E-state index contributed by atoms with van der Waals surface area (Å²) in [5, 5.41) is 15.1. The number of piperidine rings is 1. The van der Waals surface area contributed by atoms with Gasteiger partial charge in [-0.25, -0.2) is 0 Å². The van der Waals surface area contributed by atoms with E-state index in [4.69, 9.17) is 5.11 Å². The molecule has 0 radical (unpaired) electrons. The van der Waals surface area contributed by atoms with Crippen molar-refractivity contribution in [1.82, 2.24) is 10.6 Å². The summed E-state index contributed by atoms with van der Waals surface area (Å²) < 4.78 is 0. The number of aliphatic carboxylic acids is 1. The second-order valence-electron chi connectivity index (χ2n) is 5.43. The van der Waals surface area contributed by atoms with Gasteiger partial charge in [0.2, 0.25) is 5.91 Å². The van der Waals surface area contributed by atoms with Crippen LogP contribution in [0, 0.1) is 17.8 Å². The van der Waals surface area contributed by atoms with Crippen LogP contribution in [-0.2, 0) is 9.59 Å². The first-order valence-corrected chi connectivity index (χ1v) is 6.72. The van der Waals surface area contributed by atoms with Gasteiger partial charge in [0.15, 0.2) is 0 Å². The molecule has 3 N–H and O–H groups in total. The van der Waals surface area contributed by atoms with Crippen molar-refractivity contribution in [3.63, 3.8) is 0 Å². The van der Waals surface area contributed by atoms with Gasteiger partial charge in [0.05, 0.1) is 5.92 Å². The Bertz CT molecular complexity index is 286. The number of nitrogens with one attached hydrogen (secondary N) is 2. The molecule has 5 nitrogen and oxygen atoms in total. The predicted octanol–water partition coefficient (Wildman–Crippen LogP) is 0.849. The molecule has 0 bridgehead atoms. The Kier molecular flexibility index (Phi) is 6.12. The lowest BCUT2D eigenvalue weighted by Crippen LogP contribution is -2.41. The number of amides is 1. The smallest absolute Gasteiger partial charge is 0.308 e. The molecular formula is C13H24N2O3. The first-order valence-electron chi connectivity index (χ1n) is 6.72. The van der Waals surface area contributed by atoms with Crippen LogP contribution in [0.5, 0.6) is 0 Å². The highest BCUT2D eigenvalue weighted by atomic mass is 16.4. The minimum Gasteiger partial charge on any atom is -0.481 e. The van der Waals surface area contributed by atoms with E-state index in [1.165, 1.54) is 0 Å². The van der Waals surface area contributed by atoms with Gasteiger partial charge in [-0.1, -0.05) is 13.8 Å². The molecule has 0 spiro atoms. The highest BCUT2D eigenvalue weighted by Crippen LogP contribution is 2.14. The summed E-state index contributed by atoms with van der Waals surface area (Å²) in [6.07, 6.45) is 2.28. The van der Waals surface area contributed by atoms with Gasteiger partial charge in [-0.05, 0) is 38.3 Å². The number of carbonyl (C=O) groups excluding carboxylic acids is 1. The van der Waals surface area contributed by atoms with Gasteiger partial charge in [0.25, 0.3) is 0 Å². The van der Waals surface area contributed by atoms with Crippen molar-refractivity contribution in [1.29, 1.82) is 0 Å². The minimum absolute atomic E-state index is 0.00602.